The summed E-state index contributed by atoms with van der Waals surface area (Å²) in [7, 11) is 0. The molecule has 0 radical (unpaired) electrons. The van der Waals surface area contributed by atoms with E-state index in [0.29, 0.717) is 24.5 Å². The van der Waals surface area contributed by atoms with Gasteiger partial charge in [0.1, 0.15) is 12.4 Å². The lowest BCUT2D eigenvalue weighted by Gasteiger charge is -2.43. The molecule has 2 aliphatic rings. The van der Waals surface area contributed by atoms with Crippen LogP contribution in [0.5, 0.6) is 0 Å². The van der Waals surface area contributed by atoms with E-state index in [4.69, 9.17) is 4.74 Å². The van der Waals surface area contributed by atoms with Gasteiger partial charge < -0.3 is 9.64 Å². The molecule has 2 heterocycles. The van der Waals surface area contributed by atoms with E-state index in [-0.39, 0.29) is 30.4 Å². The summed E-state index contributed by atoms with van der Waals surface area (Å²) in [5, 5.41) is 12.1. The molecule has 25 heavy (non-hydrogen) atoms. The standard InChI is InChI=1S/C17H20FN5O2/c18-13-5-3-4-12(10-13)17-19-21-23(20-17)11-16(24)22-8-9-25-15-7-2-1-6-14(15)22/h3-5,10,14-15H,1-2,6-9,11H2/t14-,15-/m1/s1. The molecule has 0 spiro atoms. The topological polar surface area (TPSA) is 73.1 Å². The van der Waals surface area contributed by atoms with Gasteiger partial charge in [0.15, 0.2) is 0 Å². The summed E-state index contributed by atoms with van der Waals surface area (Å²) in [6.07, 6.45) is 4.43. The number of amides is 1. The first kappa shape index (κ1) is 16.1. The molecule has 0 N–H and O–H groups in total. The molecule has 1 saturated carbocycles. The van der Waals surface area contributed by atoms with Gasteiger partial charge in [-0.1, -0.05) is 25.0 Å². The summed E-state index contributed by atoms with van der Waals surface area (Å²) >= 11 is 0. The number of nitrogens with zero attached hydrogens (tertiary/aromatic N) is 5. The third-order valence-electron chi connectivity index (χ3n) is 4.86. The van der Waals surface area contributed by atoms with Crippen LogP contribution in [0, 0.1) is 5.82 Å². The number of aromatic nitrogens is 4. The minimum absolute atomic E-state index is 0.0246. The zero-order valence-electron chi connectivity index (χ0n) is 13.8. The Morgan fingerprint density at radius 3 is 3.08 bits per heavy atom. The van der Waals surface area contributed by atoms with Crippen LogP contribution in [0.15, 0.2) is 24.3 Å². The molecule has 0 bridgehead atoms. The SMILES string of the molecule is O=C(Cn1nnc(-c2cccc(F)c2)n1)N1CCO[C@@H]2CCCC[C@H]21. The van der Waals surface area contributed by atoms with Crippen molar-refractivity contribution in [1.29, 1.82) is 0 Å². The normalized spacial score (nSPS) is 23.3. The molecule has 132 valence electrons. The summed E-state index contributed by atoms with van der Waals surface area (Å²) in [5.74, 6) is -0.0743. The van der Waals surface area contributed by atoms with Crippen LogP contribution in [0.25, 0.3) is 11.4 Å². The molecule has 0 unspecified atom stereocenters. The molecule has 8 heteroatoms. The van der Waals surface area contributed by atoms with Crippen LogP contribution < -0.4 is 0 Å². The highest BCUT2D eigenvalue weighted by Gasteiger charge is 2.36. The molecule has 1 aromatic heterocycles. The van der Waals surface area contributed by atoms with Crippen LogP contribution in [0.3, 0.4) is 0 Å². The number of hydrogen-bond donors (Lipinski definition) is 0. The number of tetrazole rings is 1. The Bertz CT molecular complexity index is 763. The van der Waals surface area contributed by atoms with Crippen LogP contribution in [0.2, 0.25) is 0 Å². The van der Waals surface area contributed by atoms with E-state index in [1.165, 1.54) is 16.9 Å². The van der Waals surface area contributed by atoms with E-state index >= 15 is 0 Å². The lowest BCUT2D eigenvalue weighted by Crippen LogP contribution is -2.55. The summed E-state index contributed by atoms with van der Waals surface area (Å²) in [4.78, 5) is 15.9. The molecule has 2 fully saturated rings. The van der Waals surface area contributed by atoms with Gasteiger partial charge in [0, 0.05) is 12.1 Å². The second kappa shape index (κ2) is 6.87. The summed E-state index contributed by atoms with van der Waals surface area (Å²) in [6, 6.07) is 6.16. The van der Waals surface area contributed by atoms with E-state index < -0.39 is 0 Å². The fourth-order valence-electron chi connectivity index (χ4n) is 3.67. The number of halogens is 1. The maximum Gasteiger partial charge on any atom is 0.246 e. The Hall–Kier alpha value is -2.35. The van der Waals surface area contributed by atoms with Crippen molar-refractivity contribution in [2.45, 2.75) is 44.4 Å². The van der Waals surface area contributed by atoms with E-state index in [2.05, 4.69) is 15.4 Å². The van der Waals surface area contributed by atoms with Gasteiger partial charge >= 0.3 is 0 Å². The number of hydrogen-bond acceptors (Lipinski definition) is 5. The Morgan fingerprint density at radius 1 is 1.32 bits per heavy atom. The average Bonchev–Trinajstić information content (AvgIpc) is 3.10. The van der Waals surface area contributed by atoms with Gasteiger partial charge in [-0.05, 0) is 30.2 Å². The van der Waals surface area contributed by atoms with Crippen molar-refractivity contribution < 1.29 is 13.9 Å². The molecule has 4 rings (SSSR count). The molecule has 1 aliphatic carbocycles. The molecular formula is C17H20FN5O2. The van der Waals surface area contributed by atoms with Crippen LogP contribution in [0.1, 0.15) is 25.7 Å². The first-order valence-electron chi connectivity index (χ1n) is 8.65. The Morgan fingerprint density at radius 2 is 2.20 bits per heavy atom. The number of ether oxygens (including phenoxy) is 1. The first-order chi connectivity index (χ1) is 12.2. The predicted molar refractivity (Wildman–Crippen MR) is 86.9 cm³/mol. The zero-order valence-corrected chi connectivity index (χ0v) is 13.8. The van der Waals surface area contributed by atoms with Crippen LogP contribution in [-0.2, 0) is 16.1 Å². The fraction of sp³-hybridized carbons (Fsp3) is 0.529. The number of fused-ring (bicyclic) bond motifs is 1. The van der Waals surface area contributed by atoms with Gasteiger partial charge in [-0.15, -0.1) is 10.2 Å². The van der Waals surface area contributed by atoms with E-state index in [1.54, 1.807) is 12.1 Å². The van der Waals surface area contributed by atoms with Crippen LogP contribution in [0.4, 0.5) is 4.39 Å². The first-order valence-corrected chi connectivity index (χ1v) is 8.65. The third-order valence-corrected chi connectivity index (χ3v) is 4.86. The van der Waals surface area contributed by atoms with Crippen molar-refractivity contribution in [2.75, 3.05) is 13.2 Å². The third kappa shape index (κ3) is 3.39. The minimum Gasteiger partial charge on any atom is -0.374 e. The molecule has 1 aliphatic heterocycles. The second-order valence-electron chi connectivity index (χ2n) is 6.50. The van der Waals surface area contributed by atoms with Crippen LogP contribution >= 0.6 is 0 Å². The lowest BCUT2D eigenvalue weighted by molar-refractivity contribution is -0.150. The summed E-state index contributed by atoms with van der Waals surface area (Å²) < 4.78 is 19.1. The minimum atomic E-state index is -0.360. The molecule has 2 aromatic rings. The highest BCUT2D eigenvalue weighted by atomic mass is 19.1. The van der Waals surface area contributed by atoms with Gasteiger partial charge in [0.2, 0.25) is 11.7 Å². The Balaban J connectivity index is 1.46. The number of carbonyl (C=O) groups is 1. The summed E-state index contributed by atoms with van der Waals surface area (Å²) in [6.45, 7) is 1.21. The van der Waals surface area contributed by atoms with Gasteiger partial charge in [0.25, 0.3) is 0 Å². The van der Waals surface area contributed by atoms with E-state index in [9.17, 15) is 9.18 Å². The highest BCUT2D eigenvalue weighted by molar-refractivity contribution is 5.76. The molecule has 1 saturated heterocycles. The van der Waals surface area contributed by atoms with Crippen molar-refractivity contribution >= 4 is 5.91 Å². The number of morpholine rings is 1. The maximum atomic E-state index is 13.3. The fourth-order valence-corrected chi connectivity index (χ4v) is 3.67. The van der Waals surface area contributed by atoms with E-state index in [0.717, 1.165) is 25.7 Å². The number of benzene rings is 1. The van der Waals surface area contributed by atoms with Gasteiger partial charge in [0.05, 0.1) is 18.8 Å². The predicted octanol–water partition coefficient (Wildman–Crippen LogP) is 1.65. The van der Waals surface area contributed by atoms with Crippen LogP contribution in [-0.4, -0.2) is 56.3 Å². The number of rotatable bonds is 3. The lowest BCUT2D eigenvalue weighted by atomic mass is 9.90. The van der Waals surface area contributed by atoms with Gasteiger partial charge in [-0.25, -0.2) is 4.39 Å². The van der Waals surface area contributed by atoms with Crippen molar-refractivity contribution in [3.63, 3.8) is 0 Å². The van der Waals surface area contributed by atoms with Crippen molar-refractivity contribution in [1.82, 2.24) is 25.1 Å². The molecule has 2 atom stereocenters. The van der Waals surface area contributed by atoms with Gasteiger partial charge in [-0.2, -0.15) is 4.80 Å². The monoisotopic (exact) mass is 345 g/mol. The smallest absolute Gasteiger partial charge is 0.246 e. The van der Waals surface area contributed by atoms with Crippen molar-refractivity contribution in [3.05, 3.63) is 30.1 Å². The molecule has 1 amide bonds. The van der Waals surface area contributed by atoms with E-state index in [1.807, 2.05) is 4.90 Å². The summed E-state index contributed by atoms with van der Waals surface area (Å²) in [5.41, 5.74) is 0.539. The quantitative estimate of drug-likeness (QED) is 0.846. The maximum absolute atomic E-state index is 13.3. The number of carbonyl (C=O) groups excluding carboxylic acids is 1. The highest BCUT2D eigenvalue weighted by Crippen LogP contribution is 2.28. The average molecular weight is 345 g/mol. The van der Waals surface area contributed by atoms with Gasteiger partial charge in [-0.3, -0.25) is 4.79 Å². The molecule has 7 nitrogen and oxygen atoms in total. The van der Waals surface area contributed by atoms with Crippen molar-refractivity contribution in [3.8, 4) is 11.4 Å². The van der Waals surface area contributed by atoms with Crippen molar-refractivity contribution in [2.24, 2.45) is 0 Å². The second-order valence-corrected chi connectivity index (χ2v) is 6.50. The molecule has 1 aromatic carbocycles. The molecular weight excluding hydrogens is 325 g/mol. The Labute approximate surface area is 144 Å². The zero-order chi connectivity index (χ0) is 17.2. The Kier molecular flexibility index (Phi) is 4.44. The largest absolute Gasteiger partial charge is 0.374 e.